The number of amides is 1. The fraction of sp³-hybridized carbons (Fsp3) is 0.318. The van der Waals surface area contributed by atoms with Crippen LogP contribution in [0.5, 0.6) is 6.01 Å². The Balaban J connectivity index is 1.71. The zero-order chi connectivity index (χ0) is 23.1. The lowest BCUT2D eigenvalue weighted by Gasteiger charge is -2.32. The van der Waals surface area contributed by atoms with Gasteiger partial charge in [0, 0.05) is 50.2 Å². The van der Waals surface area contributed by atoms with Crippen molar-refractivity contribution in [2.45, 2.75) is 25.8 Å². The number of piperidine rings is 1. The van der Waals surface area contributed by atoms with Crippen LogP contribution in [-0.4, -0.2) is 60.5 Å². The molecule has 4 aromatic heterocycles. The number of likely N-dealkylation sites (tertiary alicyclic amines) is 1. The van der Waals surface area contributed by atoms with Gasteiger partial charge in [-0.1, -0.05) is 0 Å². The van der Waals surface area contributed by atoms with E-state index in [9.17, 15) is 14.4 Å². The summed E-state index contributed by atoms with van der Waals surface area (Å²) in [6.45, 7) is 2.62. The molecule has 1 fully saturated rings. The fourth-order valence-electron chi connectivity index (χ4n) is 4.29. The topological polar surface area (TPSA) is 136 Å². The lowest BCUT2D eigenvalue weighted by molar-refractivity contribution is -0.130. The highest BCUT2D eigenvalue weighted by atomic mass is 16.5. The predicted octanol–water partition coefficient (Wildman–Crippen LogP) is 1.28. The maximum atomic E-state index is 13.0. The molecule has 1 aliphatic heterocycles. The number of hydrogen-bond acceptors (Lipinski definition) is 8. The second-order valence-electron chi connectivity index (χ2n) is 7.91. The third-order valence-electron chi connectivity index (χ3n) is 5.99. The van der Waals surface area contributed by atoms with Crippen LogP contribution >= 0.6 is 0 Å². The molecule has 11 nitrogen and oxygen atoms in total. The molecule has 1 saturated heterocycles. The summed E-state index contributed by atoms with van der Waals surface area (Å²) >= 11 is 0. The minimum atomic E-state index is -0.512. The Bertz CT molecular complexity index is 1490. The van der Waals surface area contributed by atoms with E-state index >= 15 is 0 Å². The van der Waals surface area contributed by atoms with Gasteiger partial charge in [0.25, 0.3) is 5.56 Å². The smallest absolute Gasteiger partial charge is 0.329 e. The van der Waals surface area contributed by atoms with Crippen LogP contribution in [0.1, 0.15) is 25.8 Å². The molecule has 0 aromatic carbocycles. The van der Waals surface area contributed by atoms with Crippen LogP contribution in [0.2, 0.25) is 0 Å². The molecule has 0 radical (unpaired) electrons. The molecule has 4 aromatic rings. The van der Waals surface area contributed by atoms with E-state index in [1.54, 1.807) is 34.0 Å². The highest BCUT2D eigenvalue weighted by Crippen LogP contribution is 2.28. The molecule has 0 unspecified atom stereocenters. The Morgan fingerprint density at radius 2 is 1.82 bits per heavy atom. The predicted molar refractivity (Wildman–Crippen MR) is 120 cm³/mol. The monoisotopic (exact) mass is 447 g/mol. The Kier molecular flexibility index (Phi) is 5.08. The lowest BCUT2D eigenvalue weighted by Crippen LogP contribution is -2.41. The van der Waals surface area contributed by atoms with E-state index < -0.39 is 11.2 Å². The molecule has 1 aliphatic rings. The van der Waals surface area contributed by atoms with Gasteiger partial charge in [-0.05, 0) is 25.0 Å². The molecule has 168 valence electrons. The largest absolute Gasteiger partial charge is 0.467 e. The van der Waals surface area contributed by atoms with Crippen molar-refractivity contribution in [3.8, 4) is 17.3 Å². The third-order valence-corrected chi connectivity index (χ3v) is 5.99. The standard InChI is InChI=1S/C22H21N7O4/c1-12(30)28-7-5-14(6-8-28)29-19-15(20(31)27-22(29)32)11-23-17-4-3-16(26-18(17)19)13-9-24-21(33-2)25-10-13/h3-4,9-11,14H,5-8H2,1-2H3,(H,27,31,32). The SMILES string of the molecule is COc1ncc(-c2ccc3ncc4c(=O)[nH]c(=O)n(C5CCN(C(C)=O)CC5)c4c3n2)cn1. The number of carbonyl (C=O) groups excluding carboxylic acids is 1. The van der Waals surface area contributed by atoms with Crippen LogP contribution in [0, 0.1) is 0 Å². The van der Waals surface area contributed by atoms with Gasteiger partial charge in [-0.15, -0.1) is 0 Å². The van der Waals surface area contributed by atoms with Crippen molar-refractivity contribution in [1.82, 2.24) is 34.4 Å². The molecule has 0 atom stereocenters. The molecule has 0 bridgehead atoms. The van der Waals surface area contributed by atoms with Gasteiger partial charge in [0.15, 0.2) is 0 Å². The summed E-state index contributed by atoms with van der Waals surface area (Å²) in [5, 5.41) is 0.284. The number of carbonyl (C=O) groups is 1. The second kappa shape index (κ2) is 8.08. The Morgan fingerprint density at radius 3 is 2.48 bits per heavy atom. The van der Waals surface area contributed by atoms with Crippen LogP contribution in [0.15, 0.2) is 40.3 Å². The van der Waals surface area contributed by atoms with Gasteiger partial charge < -0.3 is 9.64 Å². The number of rotatable bonds is 3. The van der Waals surface area contributed by atoms with E-state index in [4.69, 9.17) is 9.72 Å². The number of hydrogen-bond donors (Lipinski definition) is 1. The van der Waals surface area contributed by atoms with E-state index in [0.717, 1.165) is 0 Å². The molecule has 1 N–H and O–H groups in total. The molecule has 11 heteroatoms. The number of fused-ring (bicyclic) bond motifs is 3. The summed E-state index contributed by atoms with van der Waals surface area (Å²) in [4.78, 5) is 58.9. The minimum absolute atomic E-state index is 0.00907. The Hall–Kier alpha value is -4.15. The van der Waals surface area contributed by atoms with Gasteiger partial charge in [-0.25, -0.2) is 19.7 Å². The zero-order valence-electron chi connectivity index (χ0n) is 18.1. The number of pyridine rings is 2. The average Bonchev–Trinajstić information content (AvgIpc) is 2.84. The molecule has 0 aliphatic carbocycles. The van der Waals surface area contributed by atoms with Crippen molar-refractivity contribution in [2.75, 3.05) is 20.2 Å². The normalized spacial score (nSPS) is 14.7. The average molecular weight is 447 g/mol. The zero-order valence-corrected chi connectivity index (χ0v) is 18.1. The summed E-state index contributed by atoms with van der Waals surface area (Å²) in [6.07, 6.45) is 5.84. The van der Waals surface area contributed by atoms with Crippen molar-refractivity contribution in [1.29, 1.82) is 0 Å². The third kappa shape index (κ3) is 3.60. The number of methoxy groups -OCH3 is 1. The summed E-state index contributed by atoms with van der Waals surface area (Å²) in [6, 6.07) is 3.62. The van der Waals surface area contributed by atoms with Gasteiger partial charge in [0.05, 0.1) is 29.2 Å². The highest BCUT2D eigenvalue weighted by molar-refractivity contribution is 6.01. The lowest BCUT2D eigenvalue weighted by atomic mass is 10.0. The number of ether oxygens (including phenoxy) is 1. The van der Waals surface area contributed by atoms with Gasteiger partial charge in [-0.3, -0.25) is 24.1 Å². The first-order chi connectivity index (χ1) is 16.0. The maximum absolute atomic E-state index is 13.0. The molecule has 33 heavy (non-hydrogen) atoms. The van der Waals surface area contributed by atoms with Crippen LogP contribution in [0.3, 0.4) is 0 Å². The quantitative estimate of drug-likeness (QED) is 0.464. The maximum Gasteiger partial charge on any atom is 0.329 e. The van der Waals surface area contributed by atoms with Gasteiger partial charge in [0.2, 0.25) is 5.91 Å². The fourth-order valence-corrected chi connectivity index (χ4v) is 4.29. The van der Waals surface area contributed by atoms with Gasteiger partial charge >= 0.3 is 11.7 Å². The molecular weight excluding hydrogens is 426 g/mol. The van der Waals surface area contributed by atoms with Crippen LogP contribution in [0.25, 0.3) is 33.2 Å². The van der Waals surface area contributed by atoms with E-state index in [1.807, 2.05) is 0 Å². The first kappa shape index (κ1) is 20.7. The van der Waals surface area contributed by atoms with Crippen molar-refractivity contribution >= 4 is 27.8 Å². The molecule has 1 amide bonds. The number of H-pyrrole nitrogens is 1. The van der Waals surface area contributed by atoms with Gasteiger partial charge in [0.1, 0.15) is 5.52 Å². The highest BCUT2D eigenvalue weighted by Gasteiger charge is 2.26. The van der Waals surface area contributed by atoms with Crippen molar-refractivity contribution < 1.29 is 9.53 Å². The summed E-state index contributed by atoms with van der Waals surface area (Å²) < 4.78 is 6.61. The van der Waals surface area contributed by atoms with Crippen LogP contribution in [-0.2, 0) is 4.79 Å². The minimum Gasteiger partial charge on any atom is -0.467 e. The van der Waals surface area contributed by atoms with Crippen LogP contribution in [0.4, 0.5) is 0 Å². The Morgan fingerprint density at radius 1 is 1.09 bits per heavy atom. The van der Waals surface area contributed by atoms with Gasteiger partial charge in [-0.2, -0.15) is 0 Å². The summed E-state index contributed by atoms with van der Waals surface area (Å²) in [5.74, 6) is 0.00907. The molecular formula is C22H21N7O4. The van der Waals surface area contributed by atoms with E-state index in [1.165, 1.54) is 20.2 Å². The second-order valence-corrected chi connectivity index (χ2v) is 7.91. The first-order valence-electron chi connectivity index (χ1n) is 10.5. The Labute approximate surface area is 187 Å². The van der Waals surface area contributed by atoms with Crippen molar-refractivity contribution in [3.05, 3.63) is 51.6 Å². The molecule has 5 rings (SSSR count). The van der Waals surface area contributed by atoms with Crippen LogP contribution < -0.4 is 16.0 Å². The number of aromatic nitrogens is 6. The van der Waals surface area contributed by atoms with E-state index in [-0.39, 0.29) is 23.3 Å². The first-order valence-corrected chi connectivity index (χ1v) is 10.5. The molecule has 5 heterocycles. The van der Waals surface area contributed by atoms with Crippen molar-refractivity contribution in [2.24, 2.45) is 0 Å². The number of nitrogens with one attached hydrogen (secondary N) is 1. The van der Waals surface area contributed by atoms with E-state index in [0.29, 0.717) is 53.7 Å². The van der Waals surface area contributed by atoms with E-state index in [2.05, 4.69) is 19.9 Å². The number of aromatic amines is 1. The molecule has 0 spiro atoms. The summed E-state index contributed by atoms with van der Waals surface area (Å²) in [5.41, 5.74) is 1.65. The summed E-state index contributed by atoms with van der Waals surface area (Å²) in [7, 11) is 1.48. The molecule has 0 saturated carbocycles. The van der Waals surface area contributed by atoms with Crippen molar-refractivity contribution in [3.63, 3.8) is 0 Å². The number of nitrogens with zero attached hydrogens (tertiary/aromatic N) is 6.